The third-order valence-electron chi connectivity index (χ3n) is 5.38. The van der Waals surface area contributed by atoms with E-state index in [-0.39, 0.29) is 23.3 Å². The number of carbonyl (C=O) groups is 2. The van der Waals surface area contributed by atoms with Crippen molar-refractivity contribution in [3.05, 3.63) is 34.9 Å². The van der Waals surface area contributed by atoms with E-state index >= 15 is 0 Å². The zero-order valence-electron chi connectivity index (χ0n) is 15.6. The van der Waals surface area contributed by atoms with Gasteiger partial charge >= 0.3 is 0 Å². The maximum Gasteiger partial charge on any atom is 0.256 e. The van der Waals surface area contributed by atoms with Gasteiger partial charge in [0, 0.05) is 25.2 Å². The van der Waals surface area contributed by atoms with Gasteiger partial charge in [0.1, 0.15) is 11.3 Å². The first-order valence-electron chi connectivity index (χ1n) is 9.46. The molecule has 27 heavy (non-hydrogen) atoms. The summed E-state index contributed by atoms with van der Waals surface area (Å²) in [6, 6.07) is 2.83. The van der Waals surface area contributed by atoms with Gasteiger partial charge in [-0.3, -0.25) is 9.59 Å². The molecule has 1 aromatic heterocycles. The smallest absolute Gasteiger partial charge is 0.256 e. The molecule has 7 heteroatoms. The van der Waals surface area contributed by atoms with Gasteiger partial charge in [-0.25, -0.2) is 14.4 Å². The molecule has 4 rings (SSSR count). The summed E-state index contributed by atoms with van der Waals surface area (Å²) >= 11 is 0. The lowest BCUT2D eigenvalue weighted by molar-refractivity contribution is -0.126. The van der Waals surface area contributed by atoms with E-state index in [2.05, 4.69) is 15.3 Å². The molecule has 0 radical (unpaired) electrons. The van der Waals surface area contributed by atoms with Gasteiger partial charge in [-0.15, -0.1) is 0 Å². The fourth-order valence-corrected chi connectivity index (χ4v) is 3.55. The molecule has 1 saturated carbocycles. The van der Waals surface area contributed by atoms with Crippen molar-refractivity contribution in [2.24, 2.45) is 5.92 Å². The van der Waals surface area contributed by atoms with Crippen molar-refractivity contribution >= 4 is 22.8 Å². The maximum absolute atomic E-state index is 14.1. The van der Waals surface area contributed by atoms with Crippen LogP contribution >= 0.6 is 0 Å². The molecule has 2 heterocycles. The first kappa shape index (κ1) is 17.8. The molecule has 1 N–H and O–H groups in total. The van der Waals surface area contributed by atoms with Gasteiger partial charge in [-0.05, 0) is 45.6 Å². The number of nitrogens with one attached hydrogen (secondary N) is 1. The van der Waals surface area contributed by atoms with Gasteiger partial charge in [-0.1, -0.05) is 0 Å². The summed E-state index contributed by atoms with van der Waals surface area (Å²) in [5, 5.41) is 3.02. The Hall–Kier alpha value is -2.57. The van der Waals surface area contributed by atoms with E-state index in [1.165, 1.54) is 12.1 Å². The normalized spacial score (nSPS) is 20.0. The van der Waals surface area contributed by atoms with Gasteiger partial charge in [0.25, 0.3) is 5.91 Å². The van der Waals surface area contributed by atoms with Gasteiger partial charge in [0.2, 0.25) is 5.91 Å². The highest BCUT2D eigenvalue weighted by Gasteiger charge is 2.33. The number of amides is 2. The Morgan fingerprint density at radius 2 is 1.89 bits per heavy atom. The minimum Gasteiger partial charge on any atom is -0.353 e. The van der Waals surface area contributed by atoms with E-state index in [0.29, 0.717) is 41.6 Å². The first-order valence-corrected chi connectivity index (χ1v) is 9.46. The Labute approximate surface area is 157 Å². The number of likely N-dealkylation sites (tertiary alicyclic amines) is 1. The van der Waals surface area contributed by atoms with Crippen molar-refractivity contribution in [1.29, 1.82) is 0 Å². The number of piperidine rings is 1. The number of hydrogen-bond acceptors (Lipinski definition) is 4. The summed E-state index contributed by atoms with van der Waals surface area (Å²) in [6.45, 7) is 4.54. The zero-order valence-corrected chi connectivity index (χ0v) is 15.6. The van der Waals surface area contributed by atoms with Crippen molar-refractivity contribution in [3.8, 4) is 0 Å². The first-order chi connectivity index (χ1) is 12.9. The van der Waals surface area contributed by atoms with Gasteiger partial charge < -0.3 is 10.2 Å². The number of carbonyl (C=O) groups excluding carboxylic acids is 2. The Morgan fingerprint density at radius 3 is 2.63 bits per heavy atom. The molecule has 142 valence electrons. The third kappa shape index (κ3) is 3.63. The van der Waals surface area contributed by atoms with Crippen LogP contribution in [0.5, 0.6) is 0 Å². The summed E-state index contributed by atoms with van der Waals surface area (Å²) < 4.78 is 14.1. The molecule has 1 aliphatic carbocycles. The molecule has 0 bridgehead atoms. The lowest BCUT2D eigenvalue weighted by Gasteiger charge is -2.32. The van der Waals surface area contributed by atoms with Gasteiger partial charge in [-0.2, -0.15) is 0 Å². The van der Waals surface area contributed by atoms with Crippen LogP contribution in [-0.2, 0) is 4.79 Å². The van der Waals surface area contributed by atoms with Gasteiger partial charge in [0.05, 0.1) is 28.4 Å². The molecule has 1 unspecified atom stereocenters. The molecule has 2 fully saturated rings. The van der Waals surface area contributed by atoms with Crippen LogP contribution in [0, 0.1) is 25.6 Å². The number of rotatable bonds is 3. The number of nitrogens with zero attached hydrogens (tertiary/aromatic N) is 3. The summed E-state index contributed by atoms with van der Waals surface area (Å²) in [5.74, 6) is -0.993. The number of aromatic nitrogens is 2. The standard InChI is InChI=1S/C20H23FN4O2/c1-11-12(2)23-18-16(8-14(21)9-17(18)22-11)20(27)25-7-3-4-13(10-25)19(26)24-15-5-6-15/h8-9,13,15H,3-7,10H2,1-2H3,(H,24,26). The molecule has 6 nitrogen and oxygen atoms in total. The molecule has 1 saturated heterocycles. The molecular weight excluding hydrogens is 347 g/mol. The van der Waals surface area contributed by atoms with Crippen LogP contribution in [-0.4, -0.2) is 45.8 Å². The molecule has 2 aliphatic rings. The highest BCUT2D eigenvalue weighted by atomic mass is 19.1. The monoisotopic (exact) mass is 370 g/mol. The molecule has 2 aromatic rings. The summed E-state index contributed by atoms with van der Waals surface area (Å²) in [6.07, 6.45) is 3.59. The zero-order chi connectivity index (χ0) is 19.1. The second-order valence-electron chi connectivity index (χ2n) is 7.59. The average molecular weight is 370 g/mol. The summed E-state index contributed by atoms with van der Waals surface area (Å²) in [4.78, 5) is 36.0. The van der Waals surface area contributed by atoms with Crippen LogP contribution in [0.2, 0.25) is 0 Å². The number of aryl methyl sites for hydroxylation is 2. The van der Waals surface area contributed by atoms with Crippen LogP contribution in [0.4, 0.5) is 4.39 Å². The number of hydrogen-bond donors (Lipinski definition) is 1. The minimum absolute atomic E-state index is 0.0189. The summed E-state index contributed by atoms with van der Waals surface area (Å²) in [7, 11) is 0. The quantitative estimate of drug-likeness (QED) is 0.901. The fraction of sp³-hybridized carbons (Fsp3) is 0.500. The predicted molar refractivity (Wildman–Crippen MR) is 98.8 cm³/mol. The molecule has 1 aromatic carbocycles. The Kier molecular flexibility index (Phi) is 4.53. The third-order valence-corrected chi connectivity index (χ3v) is 5.38. The lowest BCUT2D eigenvalue weighted by atomic mass is 9.96. The Morgan fingerprint density at radius 1 is 1.15 bits per heavy atom. The number of halogens is 1. The Balaban J connectivity index is 1.61. The molecular formula is C20H23FN4O2. The molecule has 1 atom stereocenters. The minimum atomic E-state index is -0.511. The highest BCUT2D eigenvalue weighted by Crippen LogP contribution is 2.25. The van der Waals surface area contributed by atoms with E-state index < -0.39 is 5.82 Å². The van der Waals surface area contributed by atoms with Crippen molar-refractivity contribution < 1.29 is 14.0 Å². The van der Waals surface area contributed by atoms with Crippen molar-refractivity contribution in [1.82, 2.24) is 20.2 Å². The largest absolute Gasteiger partial charge is 0.353 e. The van der Waals surface area contributed by atoms with Crippen LogP contribution in [0.25, 0.3) is 11.0 Å². The SMILES string of the molecule is Cc1nc2cc(F)cc(C(=O)N3CCCC(C(=O)NC4CC4)C3)c2nc1C. The van der Waals surface area contributed by atoms with Crippen molar-refractivity contribution in [2.75, 3.05) is 13.1 Å². The Bertz CT molecular complexity index is 926. The number of fused-ring (bicyclic) bond motifs is 1. The predicted octanol–water partition coefficient (Wildman–Crippen LogP) is 2.52. The second-order valence-corrected chi connectivity index (χ2v) is 7.59. The summed E-state index contributed by atoms with van der Waals surface area (Å²) in [5.41, 5.74) is 2.42. The van der Waals surface area contributed by atoms with Gasteiger partial charge in [0.15, 0.2) is 0 Å². The maximum atomic E-state index is 14.1. The van der Waals surface area contributed by atoms with Crippen LogP contribution in [0.1, 0.15) is 47.4 Å². The average Bonchev–Trinajstić information content (AvgIpc) is 3.46. The second kappa shape index (κ2) is 6.87. The van der Waals surface area contributed by atoms with E-state index in [9.17, 15) is 14.0 Å². The van der Waals surface area contributed by atoms with E-state index in [1.54, 1.807) is 4.90 Å². The van der Waals surface area contributed by atoms with E-state index in [1.807, 2.05) is 13.8 Å². The van der Waals surface area contributed by atoms with Crippen molar-refractivity contribution in [2.45, 2.75) is 45.6 Å². The van der Waals surface area contributed by atoms with Crippen LogP contribution < -0.4 is 5.32 Å². The van der Waals surface area contributed by atoms with E-state index in [4.69, 9.17) is 0 Å². The molecule has 2 amide bonds. The van der Waals surface area contributed by atoms with Crippen LogP contribution in [0.15, 0.2) is 12.1 Å². The van der Waals surface area contributed by atoms with E-state index in [0.717, 1.165) is 25.7 Å². The molecule has 1 aliphatic heterocycles. The highest BCUT2D eigenvalue weighted by molar-refractivity contribution is 6.05. The van der Waals surface area contributed by atoms with Crippen molar-refractivity contribution in [3.63, 3.8) is 0 Å². The molecule has 0 spiro atoms. The number of benzene rings is 1. The fourth-order valence-electron chi connectivity index (χ4n) is 3.55. The topological polar surface area (TPSA) is 75.2 Å². The lowest BCUT2D eigenvalue weighted by Crippen LogP contribution is -2.46. The van der Waals surface area contributed by atoms with Crippen LogP contribution in [0.3, 0.4) is 0 Å².